The van der Waals surface area contributed by atoms with Gasteiger partial charge >= 0.3 is 6.18 Å². The van der Waals surface area contributed by atoms with E-state index in [0.717, 1.165) is 12.3 Å². The predicted octanol–water partition coefficient (Wildman–Crippen LogP) is 2.68. The molecule has 0 saturated carbocycles. The van der Waals surface area contributed by atoms with Gasteiger partial charge in [0.25, 0.3) is 0 Å². The summed E-state index contributed by atoms with van der Waals surface area (Å²) in [4.78, 5) is 21.9. The lowest BCUT2D eigenvalue weighted by Crippen LogP contribution is -2.40. The lowest BCUT2D eigenvalue weighted by molar-refractivity contribution is -0.137. The van der Waals surface area contributed by atoms with Crippen LogP contribution in [0.25, 0.3) is 0 Å². The third-order valence-corrected chi connectivity index (χ3v) is 3.96. The molecule has 0 aromatic carbocycles. The Bertz CT molecular complexity index is 617. The molecule has 2 rings (SSSR count). The summed E-state index contributed by atoms with van der Waals surface area (Å²) < 4.78 is 37.9. The summed E-state index contributed by atoms with van der Waals surface area (Å²) in [5.74, 6) is -0.0934. The van der Waals surface area contributed by atoms with Crippen molar-refractivity contribution in [1.29, 1.82) is 0 Å². The van der Waals surface area contributed by atoms with E-state index < -0.39 is 11.7 Å². The number of rotatable bonds is 4. The first-order valence-electron chi connectivity index (χ1n) is 7.16. The van der Waals surface area contributed by atoms with E-state index >= 15 is 0 Å². The number of pyridine rings is 1. The Hall–Kier alpha value is -2.03. The molecule has 132 valence electrons. The number of piperidine rings is 1. The van der Waals surface area contributed by atoms with Crippen molar-refractivity contribution in [2.75, 3.05) is 25.1 Å². The minimum Gasteiger partial charge on any atom is -0.398 e. The van der Waals surface area contributed by atoms with Crippen LogP contribution in [-0.4, -0.2) is 37.4 Å². The quantitative estimate of drug-likeness (QED) is 0.507. The molecule has 0 unspecified atom stereocenters. The molecule has 6 nitrogen and oxygen atoms in total. The Labute approximate surface area is 141 Å². The molecule has 2 heterocycles. The number of carbonyl (C=O) groups excluding carboxylic acids is 1. The van der Waals surface area contributed by atoms with Crippen molar-refractivity contribution in [3.8, 4) is 0 Å². The van der Waals surface area contributed by atoms with Gasteiger partial charge < -0.3 is 15.1 Å². The second-order valence-corrected chi connectivity index (χ2v) is 5.62. The van der Waals surface area contributed by atoms with Crippen LogP contribution in [-0.2, 0) is 15.8 Å². The Morgan fingerprint density at radius 2 is 2.17 bits per heavy atom. The summed E-state index contributed by atoms with van der Waals surface area (Å²) in [5, 5.41) is 5.87. The number of oxime groups is 1. The molecule has 1 aromatic heterocycles. The van der Waals surface area contributed by atoms with E-state index in [9.17, 15) is 18.0 Å². The van der Waals surface area contributed by atoms with Gasteiger partial charge in [-0.05, 0) is 18.9 Å². The molecule has 1 N–H and O–H groups in total. The maximum Gasteiger partial charge on any atom is 0.417 e. The van der Waals surface area contributed by atoms with Crippen LogP contribution in [0.1, 0.15) is 18.4 Å². The van der Waals surface area contributed by atoms with Crippen LogP contribution >= 0.6 is 11.6 Å². The maximum absolute atomic E-state index is 12.6. The maximum atomic E-state index is 12.6. The Balaban J connectivity index is 1.97. The second kappa shape index (κ2) is 7.69. The van der Waals surface area contributed by atoms with Crippen molar-refractivity contribution in [3.05, 3.63) is 22.8 Å². The molecule has 0 atom stereocenters. The highest BCUT2D eigenvalue weighted by atomic mass is 35.5. The molecule has 10 heteroatoms. The third kappa shape index (κ3) is 4.50. The van der Waals surface area contributed by atoms with E-state index in [0.29, 0.717) is 31.7 Å². The number of nitrogens with one attached hydrogen (secondary N) is 1. The monoisotopic (exact) mass is 364 g/mol. The van der Waals surface area contributed by atoms with Crippen LogP contribution in [0.3, 0.4) is 0 Å². The van der Waals surface area contributed by atoms with Gasteiger partial charge in [0.1, 0.15) is 19.3 Å². The van der Waals surface area contributed by atoms with Crippen molar-refractivity contribution >= 4 is 29.7 Å². The number of nitrogens with zero attached hydrogens (tertiary/aromatic N) is 3. The largest absolute Gasteiger partial charge is 0.417 e. The fourth-order valence-electron chi connectivity index (χ4n) is 2.43. The summed E-state index contributed by atoms with van der Waals surface area (Å²) >= 11 is 5.94. The number of hydrogen-bond acceptors (Lipinski definition) is 5. The zero-order valence-electron chi connectivity index (χ0n) is 12.8. The number of aromatic nitrogens is 1. The first-order chi connectivity index (χ1) is 11.3. The fraction of sp³-hybridized carbons (Fsp3) is 0.500. The molecule has 1 fully saturated rings. The van der Waals surface area contributed by atoms with Crippen LogP contribution in [0.2, 0.25) is 5.02 Å². The molecule has 1 amide bonds. The minimum absolute atomic E-state index is 0.0556. The molecular weight excluding hydrogens is 349 g/mol. The third-order valence-electron chi connectivity index (χ3n) is 3.68. The average Bonchev–Trinajstić information content (AvgIpc) is 2.54. The second-order valence-electron chi connectivity index (χ2n) is 5.21. The highest BCUT2D eigenvalue weighted by Gasteiger charge is 2.32. The number of alkyl halides is 3. The van der Waals surface area contributed by atoms with Gasteiger partial charge in [-0.2, -0.15) is 13.2 Å². The summed E-state index contributed by atoms with van der Waals surface area (Å²) in [5.41, 5.74) is -0.886. The van der Waals surface area contributed by atoms with Crippen molar-refractivity contribution in [2.45, 2.75) is 19.0 Å². The summed E-state index contributed by atoms with van der Waals surface area (Å²) in [6.45, 7) is 0.940. The van der Waals surface area contributed by atoms with Crippen LogP contribution in [0.5, 0.6) is 0 Å². The average molecular weight is 365 g/mol. The highest BCUT2D eigenvalue weighted by molar-refractivity contribution is 6.33. The molecule has 1 aliphatic rings. The van der Waals surface area contributed by atoms with Crippen molar-refractivity contribution < 1.29 is 22.8 Å². The van der Waals surface area contributed by atoms with Gasteiger partial charge in [-0.15, -0.1) is 0 Å². The molecule has 0 radical (unpaired) electrons. The van der Waals surface area contributed by atoms with Gasteiger partial charge in [0.05, 0.1) is 10.6 Å². The Morgan fingerprint density at radius 3 is 2.71 bits per heavy atom. The van der Waals surface area contributed by atoms with E-state index in [1.165, 1.54) is 13.4 Å². The molecule has 1 saturated heterocycles. The normalized spacial score (nSPS) is 16.5. The van der Waals surface area contributed by atoms with E-state index in [-0.39, 0.29) is 16.8 Å². The minimum atomic E-state index is -4.48. The van der Waals surface area contributed by atoms with Gasteiger partial charge in [0, 0.05) is 25.2 Å². The van der Waals surface area contributed by atoms with Crippen LogP contribution in [0.15, 0.2) is 17.4 Å². The lowest BCUT2D eigenvalue weighted by atomic mass is 9.96. The van der Waals surface area contributed by atoms with E-state index in [1.54, 1.807) is 4.90 Å². The van der Waals surface area contributed by atoms with E-state index in [2.05, 4.69) is 20.3 Å². The SMILES string of the molecule is CO/N=C/NC(=O)C1CCN(c2ncc(C(F)(F)F)cc2Cl)CC1. The number of anilines is 1. The summed E-state index contributed by atoms with van der Waals surface area (Å²) in [6, 6.07) is 0.865. The molecule has 0 spiro atoms. The fourth-order valence-corrected chi connectivity index (χ4v) is 2.72. The molecule has 24 heavy (non-hydrogen) atoms. The Morgan fingerprint density at radius 1 is 1.50 bits per heavy atom. The number of carbonyl (C=O) groups is 1. The van der Waals surface area contributed by atoms with Crippen molar-refractivity contribution in [1.82, 2.24) is 10.3 Å². The van der Waals surface area contributed by atoms with Crippen molar-refractivity contribution in [3.63, 3.8) is 0 Å². The molecule has 1 aromatic rings. The number of halogens is 4. The summed E-state index contributed by atoms with van der Waals surface area (Å²) in [6.07, 6.45) is -1.48. The first-order valence-corrected chi connectivity index (χ1v) is 7.53. The van der Waals surface area contributed by atoms with Crippen LogP contribution in [0, 0.1) is 5.92 Å². The van der Waals surface area contributed by atoms with Crippen LogP contribution < -0.4 is 10.2 Å². The Kier molecular flexibility index (Phi) is 5.87. The van der Waals surface area contributed by atoms with Crippen molar-refractivity contribution in [2.24, 2.45) is 11.1 Å². The first kappa shape index (κ1) is 18.3. The topological polar surface area (TPSA) is 66.8 Å². The van der Waals surface area contributed by atoms with E-state index in [1.807, 2.05) is 0 Å². The van der Waals surface area contributed by atoms with Gasteiger partial charge in [-0.3, -0.25) is 4.79 Å². The molecule has 0 bridgehead atoms. The predicted molar refractivity (Wildman–Crippen MR) is 82.8 cm³/mol. The molecular formula is C14H16ClF3N4O2. The zero-order valence-corrected chi connectivity index (χ0v) is 13.6. The van der Waals surface area contributed by atoms with Gasteiger partial charge in [0.15, 0.2) is 0 Å². The zero-order chi connectivity index (χ0) is 17.7. The smallest absolute Gasteiger partial charge is 0.398 e. The number of hydrogen-bond donors (Lipinski definition) is 1. The van der Waals surface area contributed by atoms with Gasteiger partial charge in [0.2, 0.25) is 5.91 Å². The highest BCUT2D eigenvalue weighted by Crippen LogP contribution is 2.34. The van der Waals surface area contributed by atoms with Gasteiger partial charge in [-0.25, -0.2) is 4.98 Å². The molecule has 0 aliphatic carbocycles. The van der Waals surface area contributed by atoms with Crippen LogP contribution in [0.4, 0.5) is 19.0 Å². The summed E-state index contributed by atoms with van der Waals surface area (Å²) in [7, 11) is 1.36. The lowest BCUT2D eigenvalue weighted by Gasteiger charge is -2.32. The molecule has 1 aliphatic heterocycles. The number of amides is 1. The van der Waals surface area contributed by atoms with Gasteiger partial charge in [-0.1, -0.05) is 16.8 Å². The standard InChI is InChI=1S/C14H16ClF3N4O2/c1-24-21-8-20-13(23)9-2-4-22(5-3-9)12-11(15)6-10(7-19-12)14(16,17)18/h6-9H,2-5H2,1H3,(H,20,21,23). The van der Waals surface area contributed by atoms with E-state index in [4.69, 9.17) is 11.6 Å².